The molecule has 0 aromatic carbocycles. The van der Waals surface area contributed by atoms with Gasteiger partial charge in [0.1, 0.15) is 29.7 Å². The van der Waals surface area contributed by atoms with Crippen molar-refractivity contribution in [2.75, 3.05) is 47.9 Å². The summed E-state index contributed by atoms with van der Waals surface area (Å²) in [6, 6.07) is -0.687. The third-order valence-electron chi connectivity index (χ3n) is 14.1. The smallest absolute Gasteiger partial charge is 0.461 e. The molecule has 18 atom stereocenters. The summed E-state index contributed by atoms with van der Waals surface area (Å²) < 4.78 is 58.5. The number of nitrogens with two attached hydrogens (primary N) is 1. The van der Waals surface area contributed by atoms with Crippen molar-refractivity contribution in [2.24, 2.45) is 28.9 Å². The van der Waals surface area contributed by atoms with Crippen LogP contribution in [0.2, 0.25) is 0 Å². The number of Topliss-reactive ketones (excluding diaryl/α,β-unsaturated/α-hetero) is 1. The lowest BCUT2D eigenvalue weighted by Gasteiger charge is -2.51. The van der Waals surface area contributed by atoms with E-state index in [2.05, 4.69) is 6.92 Å². The van der Waals surface area contributed by atoms with Gasteiger partial charge in [0.05, 0.1) is 42.0 Å². The number of cyclic esters (lactones) is 1. The lowest BCUT2D eigenvalue weighted by Crippen LogP contribution is -2.63. The molecule has 4 saturated heterocycles. The van der Waals surface area contributed by atoms with E-state index < -0.39 is 102 Å². The maximum absolute atomic E-state index is 14.8. The predicted molar refractivity (Wildman–Crippen MR) is 227 cm³/mol. The zero-order chi connectivity index (χ0) is 45.8. The number of likely N-dealkylation sites (N-methyl/N-ethyl adjacent to an activating group) is 2. The van der Waals surface area contributed by atoms with Crippen LogP contribution in [0.25, 0.3) is 0 Å². The van der Waals surface area contributed by atoms with Crippen LogP contribution in [0.5, 0.6) is 0 Å². The highest BCUT2D eigenvalue weighted by atomic mass is 16.8. The lowest BCUT2D eigenvalue weighted by atomic mass is 9.71. The topological polar surface area (TPSA) is 187 Å². The van der Waals surface area contributed by atoms with Crippen molar-refractivity contribution >= 4 is 17.9 Å². The number of carbonyl (C=O) groups is 3. The minimum atomic E-state index is -1.34. The fourth-order valence-electron chi connectivity index (χ4n) is 10.7. The number of aliphatic hydroxyl groups excluding tert-OH is 1. The van der Waals surface area contributed by atoms with Crippen molar-refractivity contribution in [1.82, 2.24) is 9.80 Å². The second kappa shape index (κ2) is 21.3. The predicted octanol–water partition coefficient (Wildman–Crippen LogP) is 4.69. The van der Waals surface area contributed by atoms with Crippen LogP contribution in [-0.2, 0) is 52.2 Å². The monoisotopic (exact) mass is 872 g/mol. The maximum Gasteiger partial charge on any atom is 0.509 e. The van der Waals surface area contributed by atoms with Gasteiger partial charge in [-0.05, 0) is 108 Å². The van der Waals surface area contributed by atoms with E-state index >= 15 is 0 Å². The summed E-state index contributed by atoms with van der Waals surface area (Å²) in [6.45, 7) is 21.9. The number of ether oxygens (including phenoxy) is 9. The Bertz CT molecular complexity index is 1460. The third kappa shape index (κ3) is 11.8. The molecule has 0 radical (unpaired) electrons. The Hall–Kier alpha value is -1.99. The van der Waals surface area contributed by atoms with Crippen molar-refractivity contribution < 1.29 is 62.1 Å². The number of aliphatic hydroxyl groups is 1. The van der Waals surface area contributed by atoms with Gasteiger partial charge in [-0.2, -0.15) is 0 Å². The number of ketones is 1. The van der Waals surface area contributed by atoms with Gasteiger partial charge in [-0.15, -0.1) is 0 Å². The minimum Gasteiger partial charge on any atom is -0.461 e. The molecule has 0 aromatic rings. The van der Waals surface area contributed by atoms with Crippen molar-refractivity contribution in [1.29, 1.82) is 0 Å². The van der Waals surface area contributed by atoms with E-state index in [1.807, 2.05) is 86.3 Å². The van der Waals surface area contributed by atoms with Crippen LogP contribution in [0.15, 0.2) is 0 Å². The Morgan fingerprint density at radius 1 is 1.02 bits per heavy atom. The summed E-state index contributed by atoms with van der Waals surface area (Å²) in [5.74, 6) is -2.48. The average Bonchev–Trinajstić information content (AvgIpc) is 3.17. The number of hydrogen-bond donors (Lipinski definition) is 2. The normalized spacial score (nSPS) is 44.9. The molecule has 4 aliphatic rings. The molecule has 4 heterocycles. The summed E-state index contributed by atoms with van der Waals surface area (Å²) in [5.41, 5.74) is 2.46. The summed E-state index contributed by atoms with van der Waals surface area (Å²) in [6.07, 6.45) is -6.22. The minimum absolute atomic E-state index is 0.00478. The molecule has 4 rings (SSSR count). The average molecular weight is 872 g/mol. The summed E-state index contributed by atoms with van der Waals surface area (Å²) in [4.78, 5) is 45.7. The standard InChI is InChI=1S/C45H81N3O13/c1-16-33-43(9,22-26(3)49)37(50)30(7)48(14)24-25(2)21-45(11)38(60-41-36(59-42(52)61-45)32(47(12)13)20-27(4)55-41)28(5)35(29(6)40(51)57-33)58-34-23-44(10,53-15)39(31(8)56-34)54-19-17-18-46/h25,27-39,41,50H,16-24,46H2,1-15H3/t25-,27-,28+,29-,30-,31+,32+,33-,34+,35+,36-,37?,38-,39+,41+,43-,44-,45-/m1/s1. The number of methoxy groups -OCH3 is 1. The second-order valence-electron chi connectivity index (χ2n) is 19.7. The summed E-state index contributed by atoms with van der Waals surface area (Å²) in [5, 5.41) is 12.2. The van der Waals surface area contributed by atoms with Gasteiger partial charge in [0.2, 0.25) is 0 Å². The van der Waals surface area contributed by atoms with E-state index in [0.717, 1.165) is 0 Å². The molecule has 3 N–H and O–H groups in total. The fraction of sp³-hybridized carbons (Fsp3) is 0.933. The number of esters is 1. The zero-order valence-corrected chi connectivity index (χ0v) is 39.8. The van der Waals surface area contributed by atoms with Gasteiger partial charge in [0.25, 0.3) is 0 Å². The summed E-state index contributed by atoms with van der Waals surface area (Å²) >= 11 is 0. The van der Waals surface area contributed by atoms with Gasteiger partial charge in [-0.3, -0.25) is 4.79 Å². The van der Waals surface area contributed by atoms with Crippen LogP contribution >= 0.6 is 0 Å². The van der Waals surface area contributed by atoms with Crippen LogP contribution in [0.3, 0.4) is 0 Å². The van der Waals surface area contributed by atoms with Gasteiger partial charge in [-0.25, -0.2) is 4.79 Å². The Balaban J connectivity index is 1.89. The van der Waals surface area contributed by atoms with Crippen LogP contribution in [0.4, 0.5) is 4.79 Å². The van der Waals surface area contributed by atoms with E-state index in [1.165, 1.54) is 6.92 Å². The van der Waals surface area contributed by atoms with E-state index in [4.69, 9.17) is 48.4 Å². The highest BCUT2D eigenvalue weighted by Crippen LogP contribution is 2.44. The van der Waals surface area contributed by atoms with Gasteiger partial charge < -0.3 is 68.1 Å². The molecule has 0 spiro atoms. The van der Waals surface area contributed by atoms with Gasteiger partial charge in [0.15, 0.2) is 18.7 Å². The maximum atomic E-state index is 14.8. The quantitative estimate of drug-likeness (QED) is 0.215. The first-order valence-corrected chi connectivity index (χ1v) is 22.6. The molecule has 0 saturated carbocycles. The summed E-state index contributed by atoms with van der Waals surface area (Å²) in [7, 11) is 7.40. The molecule has 4 aliphatic heterocycles. The Morgan fingerprint density at radius 3 is 2.28 bits per heavy atom. The number of fused-ring (bicyclic) bond motifs is 2. The van der Waals surface area contributed by atoms with Crippen LogP contribution < -0.4 is 5.73 Å². The molecule has 4 fully saturated rings. The van der Waals surface area contributed by atoms with Gasteiger partial charge in [-0.1, -0.05) is 27.7 Å². The van der Waals surface area contributed by atoms with Crippen molar-refractivity contribution in [3.8, 4) is 0 Å². The highest BCUT2D eigenvalue weighted by Gasteiger charge is 2.56. The van der Waals surface area contributed by atoms with E-state index in [1.54, 1.807) is 14.0 Å². The molecular weight excluding hydrogens is 791 g/mol. The van der Waals surface area contributed by atoms with Crippen LogP contribution in [0, 0.1) is 23.2 Å². The molecule has 0 amide bonds. The van der Waals surface area contributed by atoms with E-state index in [-0.39, 0.29) is 36.7 Å². The SMILES string of the molecule is CC[C@H]1OC(=O)[C@H](C)[C@@H](O[C@H]2C[C@@](C)(OC)[C@@H](OCCCN)[C@H](C)O2)[C@H](C)[C@H]2O[C@@H]3O[C@H](C)C[C@H](N(C)C)[C@H]3OC(=O)O[C@]2(C)C[C@@H](C)CN(C)[C@H](C)C(O)[C@]1(C)CC(C)=O. The molecule has 0 bridgehead atoms. The first kappa shape index (κ1) is 51.6. The van der Waals surface area contributed by atoms with Crippen LogP contribution in [0.1, 0.15) is 115 Å². The molecule has 16 heteroatoms. The first-order chi connectivity index (χ1) is 28.4. The van der Waals surface area contributed by atoms with Crippen molar-refractivity contribution in [3.63, 3.8) is 0 Å². The Morgan fingerprint density at radius 2 is 1.69 bits per heavy atom. The highest BCUT2D eigenvalue weighted by molar-refractivity contribution is 5.77. The number of nitrogens with zero attached hydrogens (tertiary/aromatic N) is 2. The van der Waals surface area contributed by atoms with Crippen molar-refractivity contribution in [3.05, 3.63) is 0 Å². The fourth-order valence-corrected chi connectivity index (χ4v) is 10.7. The van der Waals surface area contributed by atoms with Crippen molar-refractivity contribution in [2.45, 2.75) is 199 Å². The molecule has 61 heavy (non-hydrogen) atoms. The molecule has 0 aliphatic carbocycles. The van der Waals surface area contributed by atoms with Gasteiger partial charge in [0, 0.05) is 50.5 Å². The Labute approximate surface area is 365 Å². The molecular formula is C45H81N3O13. The van der Waals surface area contributed by atoms with E-state index in [0.29, 0.717) is 45.4 Å². The first-order valence-electron chi connectivity index (χ1n) is 22.6. The molecule has 0 aromatic heterocycles. The van der Waals surface area contributed by atoms with Crippen LogP contribution in [-0.4, -0.2) is 165 Å². The third-order valence-corrected chi connectivity index (χ3v) is 14.1. The Kier molecular flexibility index (Phi) is 18.1. The number of carbonyl (C=O) groups excluding carboxylic acids is 3. The van der Waals surface area contributed by atoms with E-state index in [9.17, 15) is 19.5 Å². The lowest BCUT2D eigenvalue weighted by molar-refractivity contribution is -0.330. The number of hydrogen-bond acceptors (Lipinski definition) is 16. The molecule has 16 nitrogen and oxygen atoms in total. The molecule has 354 valence electrons. The van der Waals surface area contributed by atoms with Gasteiger partial charge >= 0.3 is 12.1 Å². The second-order valence-corrected chi connectivity index (χ2v) is 19.7. The zero-order valence-electron chi connectivity index (χ0n) is 39.8. The largest absolute Gasteiger partial charge is 0.509 e. The molecule has 1 unspecified atom stereocenters. The number of rotatable bonds is 11.